The van der Waals surface area contributed by atoms with Gasteiger partial charge in [-0.25, -0.2) is 9.40 Å². The van der Waals surface area contributed by atoms with Crippen molar-refractivity contribution in [1.82, 2.24) is 0 Å². The monoisotopic (exact) mass is 383 g/mol. The summed E-state index contributed by atoms with van der Waals surface area (Å²) in [7, 11) is 3.78. The minimum Gasteiger partial charge on any atom is -0.378 e. The Morgan fingerprint density at radius 3 is 2.24 bits per heavy atom. The van der Waals surface area contributed by atoms with Gasteiger partial charge in [-0.3, -0.25) is 0 Å². The van der Waals surface area contributed by atoms with E-state index in [2.05, 4.69) is 23.3 Å². The predicted octanol–water partition coefficient (Wildman–Crippen LogP) is 6.22. The molecule has 0 radical (unpaired) electrons. The molecular formula is C25H22FN3. The highest BCUT2D eigenvalue weighted by Gasteiger charge is 2.12. The van der Waals surface area contributed by atoms with Gasteiger partial charge in [0.05, 0.1) is 17.6 Å². The lowest BCUT2D eigenvalue weighted by Gasteiger charge is -2.21. The molecule has 0 aliphatic rings. The quantitative estimate of drug-likeness (QED) is 0.301. The number of hydrazone groups is 1. The van der Waals surface area contributed by atoms with Crippen molar-refractivity contribution in [3.05, 3.63) is 102 Å². The van der Waals surface area contributed by atoms with Crippen molar-refractivity contribution in [3.8, 4) is 0 Å². The molecule has 29 heavy (non-hydrogen) atoms. The lowest BCUT2D eigenvalue weighted by Crippen LogP contribution is -2.11. The molecule has 0 aliphatic carbocycles. The van der Waals surface area contributed by atoms with E-state index in [-0.39, 0.29) is 5.82 Å². The molecule has 0 N–H and O–H groups in total. The highest BCUT2D eigenvalue weighted by molar-refractivity contribution is 5.96. The van der Waals surface area contributed by atoms with E-state index < -0.39 is 0 Å². The van der Waals surface area contributed by atoms with Gasteiger partial charge >= 0.3 is 0 Å². The second kappa shape index (κ2) is 8.15. The van der Waals surface area contributed by atoms with E-state index in [0.29, 0.717) is 5.56 Å². The Bertz CT molecular complexity index is 1150. The molecule has 144 valence electrons. The van der Waals surface area contributed by atoms with Crippen LogP contribution in [0.4, 0.5) is 21.5 Å². The number of benzene rings is 4. The van der Waals surface area contributed by atoms with Gasteiger partial charge in [-0.15, -0.1) is 0 Å². The Balaban J connectivity index is 1.79. The molecule has 0 aromatic heterocycles. The van der Waals surface area contributed by atoms with Crippen LogP contribution in [0.2, 0.25) is 0 Å². The number of halogens is 1. The maximum atomic E-state index is 14.6. The Hall–Kier alpha value is -3.66. The fourth-order valence-corrected chi connectivity index (χ4v) is 3.25. The van der Waals surface area contributed by atoms with Crippen molar-refractivity contribution >= 4 is 34.0 Å². The molecule has 0 aliphatic heterocycles. The predicted molar refractivity (Wildman–Crippen MR) is 121 cm³/mol. The van der Waals surface area contributed by atoms with Crippen LogP contribution in [0, 0.1) is 5.82 Å². The first-order valence-corrected chi connectivity index (χ1v) is 9.47. The Kier molecular flexibility index (Phi) is 5.25. The Morgan fingerprint density at radius 1 is 0.759 bits per heavy atom. The lowest BCUT2D eigenvalue weighted by molar-refractivity contribution is 0.625. The first-order valence-electron chi connectivity index (χ1n) is 9.47. The molecule has 3 nitrogen and oxygen atoms in total. The summed E-state index contributed by atoms with van der Waals surface area (Å²) in [5, 5.41) is 8.73. The van der Waals surface area contributed by atoms with Crippen LogP contribution in [0.5, 0.6) is 0 Å². The highest BCUT2D eigenvalue weighted by atomic mass is 19.1. The standard InChI is InChI=1S/C25H22FN3/c1-28(2)22-16-15-20(24(26)17-22)18-27-29(21-11-4-3-5-12-21)25-14-8-10-19-9-6-7-13-23(19)25/h3-18H,1-2H3. The maximum Gasteiger partial charge on any atom is 0.134 e. The highest BCUT2D eigenvalue weighted by Crippen LogP contribution is 2.32. The summed E-state index contributed by atoms with van der Waals surface area (Å²) in [6.45, 7) is 0. The van der Waals surface area contributed by atoms with Crippen LogP contribution in [0.1, 0.15) is 5.56 Å². The van der Waals surface area contributed by atoms with Crippen molar-refractivity contribution in [1.29, 1.82) is 0 Å². The molecule has 4 aromatic carbocycles. The molecule has 4 rings (SSSR count). The van der Waals surface area contributed by atoms with Crippen LogP contribution >= 0.6 is 0 Å². The summed E-state index contributed by atoms with van der Waals surface area (Å²) in [5.41, 5.74) is 3.10. The third-order valence-electron chi connectivity index (χ3n) is 4.81. The normalized spacial score (nSPS) is 11.1. The number of para-hydroxylation sites is 1. The minimum atomic E-state index is -0.300. The first kappa shape index (κ1) is 18.7. The maximum absolute atomic E-state index is 14.6. The fourth-order valence-electron chi connectivity index (χ4n) is 3.25. The molecule has 0 bridgehead atoms. The molecule has 0 spiro atoms. The summed E-state index contributed by atoms with van der Waals surface area (Å²) in [4.78, 5) is 1.87. The zero-order valence-electron chi connectivity index (χ0n) is 16.5. The molecule has 0 saturated heterocycles. The zero-order valence-corrected chi connectivity index (χ0v) is 16.5. The number of nitrogens with zero attached hydrogens (tertiary/aromatic N) is 3. The van der Waals surface area contributed by atoms with Gasteiger partial charge < -0.3 is 4.90 Å². The number of fused-ring (bicyclic) bond motifs is 1. The minimum absolute atomic E-state index is 0.300. The van der Waals surface area contributed by atoms with Crippen LogP contribution in [0.3, 0.4) is 0 Å². The first-order chi connectivity index (χ1) is 14.1. The number of anilines is 3. The van der Waals surface area contributed by atoms with Crippen LogP contribution in [0.25, 0.3) is 10.8 Å². The second-order valence-electron chi connectivity index (χ2n) is 6.99. The largest absolute Gasteiger partial charge is 0.378 e. The molecule has 0 amide bonds. The number of rotatable bonds is 5. The van der Waals surface area contributed by atoms with Crippen LogP contribution < -0.4 is 9.91 Å². The topological polar surface area (TPSA) is 18.8 Å². The second-order valence-corrected chi connectivity index (χ2v) is 6.99. The third kappa shape index (κ3) is 3.97. The van der Waals surface area contributed by atoms with Crippen molar-refractivity contribution in [3.63, 3.8) is 0 Å². The zero-order chi connectivity index (χ0) is 20.2. The molecule has 0 fully saturated rings. The van der Waals surface area contributed by atoms with E-state index >= 15 is 0 Å². The molecule has 0 atom stereocenters. The summed E-state index contributed by atoms with van der Waals surface area (Å²) in [6.07, 6.45) is 1.57. The smallest absolute Gasteiger partial charge is 0.134 e. The SMILES string of the molecule is CN(C)c1ccc(C=NN(c2ccccc2)c2cccc3ccccc23)c(F)c1. The fraction of sp³-hybridized carbons (Fsp3) is 0.0800. The summed E-state index contributed by atoms with van der Waals surface area (Å²) in [5.74, 6) is -0.300. The Morgan fingerprint density at radius 2 is 1.48 bits per heavy atom. The van der Waals surface area contributed by atoms with Gasteiger partial charge in [0.1, 0.15) is 5.82 Å². The van der Waals surface area contributed by atoms with Crippen LogP contribution in [-0.2, 0) is 0 Å². The molecule has 0 heterocycles. The van der Waals surface area contributed by atoms with E-state index in [9.17, 15) is 4.39 Å². The number of hydrogen-bond donors (Lipinski definition) is 0. The van der Waals surface area contributed by atoms with E-state index in [4.69, 9.17) is 0 Å². The summed E-state index contributed by atoms with van der Waals surface area (Å²) < 4.78 is 14.6. The van der Waals surface area contributed by atoms with E-state index in [1.54, 1.807) is 12.3 Å². The van der Waals surface area contributed by atoms with Crippen LogP contribution in [0.15, 0.2) is 96.1 Å². The van der Waals surface area contributed by atoms with Gasteiger partial charge in [0, 0.05) is 30.7 Å². The molecule has 0 saturated carbocycles. The van der Waals surface area contributed by atoms with E-state index in [1.165, 1.54) is 6.07 Å². The van der Waals surface area contributed by atoms with Gasteiger partial charge in [-0.05, 0) is 41.8 Å². The number of hydrogen-bond acceptors (Lipinski definition) is 3. The van der Waals surface area contributed by atoms with Crippen LogP contribution in [-0.4, -0.2) is 20.3 Å². The molecule has 4 aromatic rings. The summed E-state index contributed by atoms with van der Waals surface area (Å²) >= 11 is 0. The van der Waals surface area contributed by atoms with Gasteiger partial charge in [0.25, 0.3) is 0 Å². The third-order valence-corrected chi connectivity index (χ3v) is 4.81. The van der Waals surface area contributed by atoms with Crippen molar-refractivity contribution in [2.75, 3.05) is 24.0 Å². The van der Waals surface area contributed by atoms with Gasteiger partial charge in [0.2, 0.25) is 0 Å². The van der Waals surface area contributed by atoms with Gasteiger partial charge in [-0.2, -0.15) is 5.10 Å². The van der Waals surface area contributed by atoms with E-state index in [0.717, 1.165) is 27.8 Å². The average Bonchev–Trinajstić information content (AvgIpc) is 2.75. The van der Waals surface area contributed by atoms with Gasteiger partial charge in [-0.1, -0.05) is 54.6 Å². The molecule has 4 heteroatoms. The average molecular weight is 383 g/mol. The van der Waals surface area contributed by atoms with Crippen molar-refractivity contribution in [2.24, 2.45) is 5.10 Å². The lowest BCUT2D eigenvalue weighted by atomic mass is 10.1. The summed E-state index contributed by atoms with van der Waals surface area (Å²) in [6, 6.07) is 29.3. The molecule has 0 unspecified atom stereocenters. The van der Waals surface area contributed by atoms with Crippen molar-refractivity contribution < 1.29 is 4.39 Å². The molecular weight excluding hydrogens is 361 g/mol. The Labute approximate surface area is 170 Å². The van der Waals surface area contributed by atoms with E-state index in [1.807, 2.05) is 84.7 Å². The van der Waals surface area contributed by atoms with Crippen molar-refractivity contribution in [2.45, 2.75) is 0 Å². The van der Waals surface area contributed by atoms with Gasteiger partial charge in [0.15, 0.2) is 0 Å².